The first-order chi connectivity index (χ1) is 36.9. The van der Waals surface area contributed by atoms with E-state index in [9.17, 15) is 6.57 Å². The van der Waals surface area contributed by atoms with Gasteiger partial charge in [-0.15, -0.1) is 0 Å². The lowest BCUT2D eigenvalue weighted by Gasteiger charge is -2.23. The van der Waals surface area contributed by atoms with Crippen LogP contribution in [-0.4, -0.2) is 68.9 Å². The van der Waals surface area contributed by atoms with Gasteiger partial charge in [-0.3, -0.25) is 0 Å². The number of fused-ring (bicyclic) bond motifs is 6. The number of halogens is 3. The van der Waals surface area contributed by atoms with Gasteiger partial charge in [0.2, 0.25) is 5.69 Å². The number of nitrogens with zero attached hydrogens (tertiary/aromatic N) is 15. The second kappa shape index (κ2) is 18.0. The first kappa shape index (κ1) is 48.2. The van der Waals surface area contributed by atoms with Crippen LogP contribution in [0.25, 0.3) is 117 Å². The van der Waals surface area contributed by atoms with Crippen LogP contribution in [0, 0.1) is 68.9 Å². The predicted molar refractivity (Wildman–Crippen MR) is 290 cm³/mol. The minimum absolute atomic E-state index is 0.0560. The van der Waals surface area contributed by atoms with Gasteiger partial charge in [0, 0.05) is 43.8 Å². The lowest BCUT2D eigenvalue weighted by atomic mass is 9.92. The van der Waals surface area contributed by atoms with Crippen LogP contribution in [0.1, 0.15) is 57.7 Å². The molecule has 0 bridgehead atoms. The molecular formula is C59H44F3N15. The molecule has 0 aliphatic rings. The summed E-state index contributed by atoms with van der Waals surface area (Å²) in [5, 5.41) is 3.17. The van der Waals surface area contributed by atoms with E-state index in [1.807, 2.05) is 110 Å². The molecule has 376 valence electrons. The molecule has 0 aliphatic heterocycles. The molecular weight excluding hydrogens is 976 g/mol. The number of aromatic nitrogens is 14. The smallest absolute Gasteiger partial charge is 0.319 e. The molecule has 12 rings (SSSR count). The summed E-state index contributed by atoms with van der Waals surface area (Å²) in [5.41, 5.74) is 5.38. The van der Waals surface area contributed by atoms with Crippen molar-refractivity contribution >= 4 is 49.3 Å². The number of alkyl halides is 3. The fourth-order valence-electron chi connectivity index (χ4n) is 10.6. The van der Waals surface area contributed by atoms with Gasteiger partial charge >= 0.3 is 6.18 Å². The first-order valence-corrected chi connectivity index (χ1v) is 24.6. The topological polar surface area (TPSA) is 169 Å². The van der Waals surface area contributed by atoms with Gasteiger partial charge in [-0.2, -0.15) is 13.2 Å². The summed E-state index contributed by atoms with van der Waals surface area (Å²) in [5.74, 6) is 5.98. The number of benzene rings is 6. The van der Waals surface area contributed by atoms with E-state index in [-0.39, 0.29) is 22.5 Å². The Hall–Kier alpha value is -9.76. The molecule has 0 atom stereocenters. The van der Waals surface area contributed by atoms with E-state index in [0.29, 0.717) is 125 Å². The van der Waals surface area contributed by atoms with Crippen LogP contribution in [0.5, 0.6) is 0 Å². The van der Waals surface area contributed by atoms with E-state index in [2.05, 4.69) is 24.8 Å². The maximum absolute atomic E-state index is 15.7. The molecule has 0 amide bonds. The fourth-order valence-corrected chi connectivity index (χ4v) is 10.6. The highest BCUT2D eigenvalue weighted by Gasteiger charge is 2.36. The monoisotopic (exact) mass is 1020 g/mol. The maximum Gasteiger partial charge on any atom is 0.417 e. The van der Waals surface area contributed by atoms with Crippen molar-refractivity contribution < 1.29 is 13.2 Å². The minimum atomic E-state index is -4.78. The van der Waals surface area contributed by atoms with Crippen LogP contribution in [0.2, 0.25) is 0 Å². The van der Waals surface area contributed by atoms with E-state index in [0.717, 1.165) is 27.6 Å². The largest absolute Gasteiger partial charge is 0.417 e. The van der Waals surface area contributed by atoms with Crippen molar-refractivity contribution in [2.75, 3.05) is 0 Å². The summed E-state index contributed by atoms with van der Waals surface area (Å²) in [6.07, 6.45) is -4.78. The summed E-state index contributed by atoms with van der Waals surface area (Å²) >= 11 is 0. The number of aryl methyl sites for hydroxylation is 9. The molecule has 6 aromatic carbocycles. The first-order valence-electron chi connectivity index (χ1n) is 24.6. The second-order valence-corrected chi connectivity index (χ2v) is 19.0. The Labute approximate surface area is 438 Å². The SMILES string of the molecule is [C-]#[N+]c1c(-n2c3cc(-c4nc(C)nc(C)n4)ccc3c3ccc(-c4nc(C)nc(C)n4)cc32)ccc(-c2c(C)cccc2C(F)(F)F)c1-n1c2cc(-c3nc(C)nc(C)n3)ccc2c2ccc(-c3nc(C)nc(C)n3)cc21. The molecule has 0 spiro atoms. The lowest BCUT2D eigenvalue weighted by molar-refractivity contribution is -0.137. The third kappa shape index (κ3) is 8.32. The number of hydrogen-bond acceptors (Lipinski definition) is 12. The van der Waals surface area contributed by atoms with Gasteiger partial charge in [-0.25, -0.2) is 64.7 Å². The Balaban J connectivity index is 1.27. The van der Waals surface area contributed by atoms with Gasteiger partial charge in [0.1, 0.15) is 46.6 Å². The van der Waals surface area contributed by atoms with Crippen molar-refractivity contribution in [3.05, 3.63) is 172 Å². The van der Waals surface area contributed by atoms with Crippen molar-refractivity contribution in [3.8, 4) is 68.1 Å². The third-order valence-corrected chi connectivity index (χ3v) is 13.6. The van der Waals surface area contributed by atoms with Crippen LogP contribution >= 0.6 is 0 Å². The molecule has 6 heterocycles. The van der Waals surface area contributed by atoms with E-state index in [4.69, 9.17) is 39.9 Å². The van der Waals surface area contributed by atoms with Gasteiger partial charge in [0.25, 0.3) is 0 Å². The Bertz CT molecular complexity index is 4230. The van der Waals surface area contributed by atoms with Crippen LogP contribution in [0.3, 0.4) is 0 Å². The number of hydrogen-bond donors (Lipinski definition) is 0. The van der Waals surface area contributed by atoms with Crippen LogP contribution in [-0.2, 0) is 6.18 Å². The summed E-state index contributed by atoms with van der Waals surface area (Å²) < 4.78 is 50.9. The Morgan fingerprint density at radius 1 is 0.403 bits per heavy atom. The van der Waals surface area contributed by atoms with Crippen molar-refractivity contribution in [3.63, 3.8) is 0 Å². The lowest BCUT2D eigenvalue weighted by Crippen LogP contribution is -2.10. The van der Waals surface area contributed by atoms with Crippen LogP contribution in [0.4, 0.5) is 18.9 Å². The summed E-state index contributed by atoms with van der Waals surface area (Å²) in [7, 11) is 0. The Kier molecular flexibility index (Phi) is 11.3. The average Bonchev–Trinajstić information content (AvgIpc) is 4.10. The normalized spacial score (nSPS) is 11.9. The third-order valence-electron chi connectivity index (χ3n) is 13.6. The zero-order chi connectivity index (χ0) is 53.8. The molecule has 0 N–H and O–H groups in total. The molecule has 0 saturated heterocycles. The molecule has 0 saturated carbocycles. The quantitative estimate of drug-likeness (QED) is 0.139. The highest BCUT2D eigenvalue weighted by molar-refractivity contribution is 6.14. The highest BCUT2D eigenvalue weighted by Crippen LogP contribution is 2.50. The maximum atomic E-state index is 15.7. The van der Waals surface area contributed by atoms with Crippen molar-refractivity contribution in [2.24, 2.45) is 0 Å². The molecule has 18 heteroatoms. The predicted octanol–water partition coefficient (Wildman–Crippen LogP) is 13.3. The van der Waals surface area contributed by atoms with Crippen molar-refractivity contribution in [2.45, 2.75) is 68.5 Å². The Morgan fingerprint density at radius 2 is 0.740 bits per heavy atom. The van der Waals surface area contributed by atoms with Gasteiger partial charge in [0.05, 0.1) is 45.6 Å². The van der Waals surface area contributed by atoms with E-state index in [1.165, 1.54) is 6.07 Å². The van der Waals surface area contributed by atoms with E-state index < -0.39 is 11.7 Å². The second-order valence-electron chi connectivity index (χ2n) is 19.0. The van der Waals surface area contributed by atoms with Crippen molar-refractivity contribution in [1.29, 1.82) is 0 Å². The van der Waals surface area contributed by atoms with E-state index >= 15 is 13.2 Å². The average molecular weight is 1020 g/mol. The molecule has 77 heavy (non-hydrogen) atoms. The standard InChI is InChI=1S/C59H44F3N15/c1-28-12-11-13-46(59(60,61)62)52(28)45-22-23-47(76-48-24-37(55-68-29(2)64-30(3)69-55)14-18-41(48)42-19-15-38(25-49(42)76)56-70-31(4)65-32(5)71-56)53(63-10)54(45)77-50-26-39(57-72-33(6)66-34(7)73-57)16-20-43(50)44-21-17-40(27-51(44)77)58-74-35(8)67-36(9)75-58/h11-27H,1-9H3. The van der Waals surface area contributed by atoms with Gasteiger partial charge in [0.15, 0.2) is 23.3 Å². The van der Waals surface area contributed by atoms with E-state index in [1.54, 1.807) is 52.8 Å². The molecule has 15 nitrogen and oxygen atoms in total. The molecule has 0 aliphatic carbocycles. The Morgan fingerprint density at radius 3 is 1.06 bits per heavy atom. The molecule has 6 aromatic heterocycles. The molecule has 12 aromatic rings. The highest BCUT2D eigenvalue weighted by atomic mass is 19.4. The van der Waals surface area contributed by atoms with Crippen LogP contribution < -0.4 is 0 Å². The summed E-state index contributed by atoms with van der Waals surface area (Å²) in [4.78, 5) is 59.8. The molecule has 0 radical (unpaired) electrons. The van der Waals surface area contributed by atoms with Crippen molar-refractivity contribution in [1.82, 2.24) is 68.9 Å². The van der Waals surface area contributed by atoms with Gasteiger partial charge < -0.3 is 9.13 Å². The minimum Gasteiger partial charge on any atom is -0.319 e. The van der Waals surface area contributed by atoms with Gasteiger partial charge in [-0.05, 0) is 115 Å². The zero-order valence-electron chi connectivity index (χ0n) is 43.2. The molecule has 0 unspecified atom stereocenters. The molecule has 0 fully saturated rings. The van der Waals surface area contributed by atoms with Crippen LogP contribution in [0.15, 0.2) is 103 Å². The summed E-state index contributed by atoms with van der Waals surface area (Å²) in [6, 6.07) is 31.0. The zero-order valence-corrected chi connectivity index (χ0v) is 43.2. The van der Waals surface area contributed by atoms with Gasteiger partial charge in [-0.1, -0.05) is 66.7 Å². The summed E-state index contributed by atoms with van der Waals surface area (Å²) in [6.45, 7) is 25.5. The fraction of sp³-hybridized carbons (Fsp3) is 0.169. The number of rotatable bonds is 7.